The second kappa shape index (κ2) is 7.46. The molecule has 0 spiro atoms. The van der Waals surface area contributed by atoms with Crippen molar-refractivity contribution in [2.75, 3.05) is 6.61 Å². The lowest BCUT2D eigenvalue weighted by Gasteiger charge is -2.20. The number of pyridine rings is 1. The number of carbonyl (C=O) groups is 2. The average molecular weight is 344 g/mol. The van der Waals surface area contributed by atoms with Gasteiger partial charge in [-0.25, -0.2) is 14.5 Å². The summed E-state index contributed by atoms with van der Waals surface area (Å²) in [6.07, 6.45) is 3.12. The molecule has 2 heterocycles. The molecule has 0 aliphatic heterocycles. The number of amides is 1. The van der Waals surface area contributed by atoms with Crippen LogP contribution in [-0.2, 0) is 9.53 Å². The van der Waals surface area contributed by atoms with Crippen LogP contribution in [0, 0.1) is 0 Å². The van der Waals surface area contributed by atoms with Crippen molar-refractivity contribution in [2.45, 2.75) is 46.1 Å². The highest BCUT2D eigenvalue weighted by Gasteiger charge is 2.23. The van der Waals surface area contributed by atoms with Crippen molar-refractivity contribution in [3.05, 3.63) is 41.9 Å². The highest BCUT2D eigenvalue weighted by molar-refractivity contribution is 5.92. The predicted octanol–water partition coefficient (Wildman–Crippen LogP) is 2.46. The molecule has 7 heteroatoms. The SMILES string of the molecule is CC(C)c1c(C(=O)OCC(=O)NC(C)(C)C)cnn1-c1ccccn1. The zero-order valence-electron chi connectivity index (χ0n) is 15.2. The van der Waals surface area contributed by atoms with Crippen molar-refractivity contribution in [3.8, 4) is 5.82 Å². The Morgan fingerprint density at radius 3 is 2.56 bits per heavy atom. The molecule has 2 aromatic heterocycles. The van der Waals surface area contributed by atoms with Gasteiger partial charge in [0.15, 0.2) is 12.4 Å². The number of aromatic nitrogens is 3. The van der Waals surface area contributed by atoms with Crippen LogP contribution in [0.5, 0.6) is 0 Å². The van der Waals surface area contributed by atoms with Gasteiger partial charge >= 0.3 is 5.97 Å². The summed E-state index contributed by atoms with van der Waals surface area (Å²) >= 11 is 0. The molecule has 2 aromatic rings. The molecule has 1 N–H and O–H groups in total. The van der Waals surface area contributed by atoms with Crippen molar-refractivity contribution in [1.82, 2.24) is 20.1 Å². The summed E-state index contributed by atoms with van der Waals surface area (Å²) in [4.78, 5) is 28.5. The predicted molar refractivity (Wildman–Crippen MR) is 93.6 cm³/mol. The molecule has 1 amide bonds. The topological polar surface area (TPSA) is 86.1 Å². The number of hydrogen-bond donors (Lipinski definition) is 1. The summed E-state index contributed by atoms with van der Waals surface area (Å²) in [6, 6.07) is 5.47. The third-order valence-electron chi connectivity index (χ3n) is 3.29. The lowest BCUT2D eigenvalue weighted by atomic mass is 10.1. The van der Waals surface area contributed by atoms with Crippen molar-refractivity contribution in [1.29, 1.82) is 0 Å². The lowest BCUT2D eigenvalue weighted by Crippen LogP contribution is -2.42. The van der Waals surface area contributed by atoms with Crippen molar-refractivity contribution in [3.63, 3.8) is 0 Å². The van der Waals surface area contributed by atoms with Crippen LogP contribution in [0.3, 0.4) is 0 Å². The highest BCUT2D eigenvalue weighted by Crippen LogP contribution is 2.22. The van der Waals surface area contributed by atoms with Crippen molar-refractivity contribution < 1.29 is 14.3 Å². The number of rotatable bonds is 5. The molecule has 0 radical (unpaired) electrons. The molecule has 0 aliphatic carbocycles. The molecule has 0 aromatic carbocycles. The third-order valence-corrected chi connectivity index (χ3v) is 3.29. The van der Waals surface area contributed by atoms with Gasteiger partial charge in [0, 0.05) is 11.7 Å². The molecular formula is C18H24N4O3. The van der Waals surface area contributed by atoms with Crippen LogP contribution in [0.4, 0.5) is 0 Å². The van der Waals surface area contributed by atoms with E-state index in [-0.39, 0.29) is 24.0 Å². The van der Waals surface area contributed by atoms with Crippen LogP contribution in [-0.4, -0.2) is 38.8 Å². The molecule has 0 atom stereocenters. The van der Waals surface area contributed by atoms with E-state index in [2.05, 4.69) is 15.4 Å². The Kier molecular flexibility index (Phi) is 5.56. The molecule has 0 fully saturated rings. The van der Waals surface area contributed by atoms with E-state index in [9.17, 15) is 9.59 Å². The zero-order chi connectivity index (χ0) is 18.6. The van der Waals surface area contributed by atoms with E-state index in [0.717, 1.165) is 0 Å². The Morgan fingerprint density at radius 2 is 2.00 bits per heavy atom. The highest BCUT2D eigenvalue weighted by atomic mass is 16.5. The molecule has 0 unspecified atom stereocenters. The van der Waals surface area contributed by atoms with Gasteiger partial charge in [0.1, 0.15) is 5.56 Å². The maximum absolute atomic E-state index is 12.4. The lowest BCUT2D eigenvalue weighted by molar-refractivity contribution is -0.125. The molecule has 7 nitrogen and oxygen atoms in total. The first-order valence-corrected chi connectivity index (χ1v) is 8.16. The van der Waals surface area contributed by atoms with E-state index in [0.29, 0.717) is 17.1 Å². The van der Waals surface area contributed by atoms with Crippen LogP contribution in [0.2, 0.25) is 0 Å². The second-order valence-corrected chi connectivity index (χ2v) is 7.07. The minimum absolute atomic E-state index is 0.0236. The van der Waals surface area contributed by atoms with E-state index in [1.807, 2.05) is 52.8 Å². The molecule has 0 bridgehead atoms. The summed E-state index contributed by atoms with van der Waals surface area (Å²) in [7, 11) is 0. The molecule has 0 aliphatic rings. The van der Waals surface area contributed by atoms with Gasteiger partial charge in [-0.05, 0) is 38.8 Å². The van der Waals surface area contributed by atoms with Gasteiger partial charge in [-0.15, -0.1) is 0 Å². The summed E-state index contributed by atoms with van der Waals surface area (Å²) < 4.78 is 6.77. The Morgan fingerprint density at radius 1 is 1.28 bits per heavy atom. The Bertz CT molecular complexity index is 745. The van der Waals surface area contributed by atoms with Gasteiger partial charge in [0.2, 0.25) is 0 Å². The fraction of sp³-hybridized carbons (Fsp3) is 0.444. The van der Waals surface area contributed by atoms with E-state index in [4.69, 9.17) is 4.74 Å². The minimum Gasteiger partial charge on any atom is -0.452 e. The largest absolute Gasteiger partial charge is 0.452 e. The van der Waals surface area contributed by atoms with Crippen molar-refractivity contribution >= 4 is 11.9 Å². The van der Waals surface area contributed by atoms with E-state index < -0.39 is 5.97 Å². The van der Waals surface area contributed by atoms with Crippen LogP contribution in [0.1, 0.15) is 56.6 Å². The van der Waals surface area contributed by atoms with E-state index in [1.165, 1.54) is 6.20 Å². The molecule has 2 rings (SSSR count). The summed E-state index contributed by atoms with van der Waals surface area (Å²) in [5.41, 5.74) is 0.653. The fourth-order valence-corrected chi connectivity index (χ4v) is 2.40. The van der Waals surface area contributed by atoms with Crippen LogP contribution >= 0.6 is 0 Å². The first-order chi connectivity index (χ1) is 11.7. The maximum atomic E-state index is 12.4. The number of hydrogen-bond acceptors (Lipinski definition) is 5. The van der Waals surface area contributed by atoms with Gasteiger partial charge in [0.25, 0.3) is 5.91 Å². The van der Waals surface area contributed by atoms with Gasteiger partial charge in [0.05, 0.1) is 11.9 Å². The molecule has 0 saturated carbocycles. The average Bonchev–Trinajstić information content (AvgIpc) is 2.97. The Balaban J connectivity index is 2.18. The maximum Gasteiger partial charge on any atom is 0.342 e. The Labute approximate surface area is 147 Å². The van der Waals surface area contributed by atoms with Crippen molar-refractivity contribution in [2.24, 2.45) is 0 Å². The summed E-state index contributed by atoms with van der Waals surface area (Å²) in [5.74, 6) is -0.273. The van der Waals surface area contributed by atoms with Gasteiger partial charge < -0.3 is 10.1 Å². The summed E-state index contributed by atoms with van der Waals surface area (Å²) in [5, 5.41) is 7.02. The standard InChI is InChI=1S/C18H24N4O3/c1-12(2)16-13(10-20-22(16)14-8-6-7-9-19-14)17(24)25-11-15(23)21-18(3,4)5/h6-10,12H,11H2,1-5H3,(H,21,23). The first kappa shape index (κ1) is 18.6. The first-order valence-electron chi connectivity index (χ1n) is 8.16. The quantitative estimate of drug-likeness (QED) is 0.842. The van der Waals surface area contributed by atoms with Crippen LogP contribution in [0.25, 0.3) is 5.82 Å². The number of nitrogens with zero attached hydrogens (tertiary/aromatic N) is 3. The molecule has 25 heavy (non-hydrogen) atoms. The van der Waals surface area contributed by atoms with Gasteiger partial charge in [-0.1, -0.05) is 19.9 Å². The fourth-order valence-electron chi connectivity index (χ4n) is 2.40. The summed E-state index contributed by atoms with van der Waals surface area (Å²) in [6.45, 7) is 9.17. The number of esters is 1. The third kappa shape index (κ3) is 4.89. The molecule has 134 valence electrons. The normalized spacial score (nSPS) is 11.4. The second-order valence-electron chi connectivity index (χ2n) is 7.07. The number of carbonyl (C=O) groups excluding carboxylic acids is 2. The zero-order valence-corrected chi connectivity index (χ0v) is 15.2. The smallest absolute Gasteiger partial charge is 0.342 e. The number of ether oxygens (including phenoxy) is 1. The van der Waals surface area contributed by atoms with Gasteiger partial charge in [-0.3, -0.25) is 4.79 Å². The minimum atomic E-state index is -0.574. The molecule has 0 saturated heterocycles. The van der Waals surface area contributed by atoms with Gasteiger partial charge in [-0.2, -0.15) is 5.10 Å². The van der Waals surface area contributed by atoms with E-state index in [1.54, 1.807) is 10.9 Å². The van der Waals surface area contributed by atoms with E-state index >= 15 is 0 Å². The van der Waals surface area contributed by atoms with Crippen LogP contribution < -0.4 is 5.32 Å². The van der Waals surface area contributed by atoms with Crippen LogP contribution in [0.15, 0.2) is 30.6 Å². The Hall–Kier alpha value is -2.70. The number of nitrogens with one attached hydrogen (secondary N) is 1. The monoisotopic (exact) mass is 344 g/mol. The molecular weight excluding hydrogens is 320 g/mol.